The summed E-state index contributed by atoms with van der Waals surface area (Å²) >= 11 is 11.5. The number of carbonyl (C=O) groups excluding carboxylic acids is 1. The van der Waals surface area contributed by atoms with Crippen LogP contribution in [-0.2, 0) is 4.79 Å². The number of halogens is 2. The number of carboxylic acids is 1. The van der Waals surface area contributed by atoms with Gasteiger partial charge in [0.1, 0.15) is 6.04 Å². The summed E-state index contributed by atoms with van der Waals surface area (Å²) in [6, 6.07) is 1.41. The quantitative estimate of drug-likeness (QED) is 0.572. The van der Waals surface area contributed by atoms with Crippen LogP contribution in [0.3, 0.4) is 0 Å². The highest BCUT2D eigenvalue weighted by molar-refractivity contribution is 6.39. The first-order valence-corrected chi connectivity index (χ1v) is 5.34. The maximum Gasteiger partial charge on any atom is 0.320 e. The lowest BCUT2D eigenvalue weighted by molar-refractivity contribution is -0.138. The third kappa shape index (κ3) is 3.33. The molecule has 17 heavy (non-hydrogen) atoms. The monoisotopic (exact) mass is 276 g/mol. The standard InChI is InChI=1S/C10H10Cl2N2O3/c11-5-1-4(2-6(12)9(5)14)8(15)3-7(13)10(16)17/h1-2,7H,3,13-14H2,(H,16,17). The molecule has 0 aliphatic heterocycles. The van der Waals surface area contributed by atoms with E-state index >= 15 is 0 Å². The maximum atomic E-state index is 11.7. The molecule has 0 aromatic heterocycles. The second-order valence-electron chi connectivity index (χ2n) is 3.43. The van der Waals surface area contributed by atoms with Gasteiger partial charge >= 0.3 is 5.97 Å². The van der Waals surface area contributed by atoms with E-state index in [9.17, 15) is 9.59 Å². The van der Waals surface area contributed by atoms with Gasteiger partial charge < -0.3 is 16.6 Å². The second-order valence-corrected chi connectivity index (χ2v) is 4.24. The van der Waals surface area contributed by atoms with Gasteiger partial charge in [0, 0.05) is 12.0 Å². The highest BCUT2D eigenvalue weighted by atomic mass is 35.5. The van der Waals surface area contributed by atoms with Crippen molar-refractivity contribution in [2.24, 2.45) is 5.73 Å². The molecule has 0 saturated heterocycles. The molecule has 1 atom stereocenters. The zero-order valence-electron chi connectivity index (χ0n) is 8.61. The Morgan fingerprint density at radius 1 is 1.29 bits per heavy atom. The normalized spacial score (nSPS) is 12.2. The van der Waals surface area contributed by atoms with E-state index in [1.54, 1.807) is 0 Å². The molecule has 5 N–H and O–H groups in total. The highest BCUT2D eigenvalue weighted by Gasteiger charge is 2.18. The molecule has 1 rings (SSSR count). The van der Waals surface area contributed by atoms with Gasteiger partial charge in [0.05, 0.1) is 15.7 Å². The van der Waals surface area contributed by atoms with Crippen molar-refractivity contribution in [3.8, 4) is 0 Å². The van der Waals surface area contributed by atoms with E-state index in [2.05, 4.69) is 0 Å². The predicted octanol–water partition coefficient (Wildman–Crippen LogP) is 1.56. The average molecular weight is 277 g/mol. The fourth-order valence-electron chi connectivity index (χ4n) is 1.15. The first kappa shape index (κ1) is 13.8. The van der Waals surface area contributed by atoms with E-state index in [1.807, 2.05) is 0 Å². The number of carbonyl (C=O) groups is 2. The van der Waals surface area contributed by atoms with Gasteiger partial charge in [-0.15, -0.1) is 0 Å². The predicted molar refractivity (Wildman–Crippen MR) is 65.4 cm³/mol. The van der Waals surface area contributed by atoms with E-state index in [4.69, 9.17) is 39.8 Å². The van der Waals surface area contributed by atoms with Crippen molar-refractivity contribution in [3.63, 3.8) is 0 Å². The molecule has 7 heteroatoms. The summed E-state index contributed by atoms with van der Waals surface area (Å²) in [7, 11) is 0. The van der Waals surface area contributed by atoms with Crippen molar-refractivity contribution < 1.29 is 14.7 Å². The van der Waals surface area contributed by atoms with Crippen LogP contribution in [-0.4, -0.2) is 22.9 Å². The Bertz CT molecular complexity index is 454. The lowest BCUT2D eigenvalue weighted by Crippen LogP contribution is -2.32. The molecular formula is C10H10Cl2N2O3. The topological polar surface area (TPSA) is 106 Å². The Balaban J connectivity index is 2.94. The van der Waals surface area contributed by atoms with Crippen LogP contribution >= 0.6 is 23.2 Å². The zero-order chi connectivity index (χ0) is 13.2. The molecule has 0 radical (unpaired) electrons. The fourth-order valence-corrected chi connectivity index (χ4v) is 1.64. The molecule has 1 aromatic rings. The van der Waals surface area contributed by atoms with Crippen LogP contribution in [0.1, 0.15) is 16.8 Å². The number of hydrogen-bond acceptors (Lipinski definition) is 4. The average Bonchev–Trinajstić information content (AvgIpc) is 2.24. The Kier molecular flexibility index (Phi) is 4.34. The van der Waals surface area contributed by atoms with Crippen LogP contribution in [0.25, 0.3) is 0 Å². The zero-order valence-corrected chi connectivity index (χ0v) is 10.1. The molecule has 0 bridgehead atoms. The number of benzene rings is 1. The number of hydrogen-bond donors (Lipinski definition) is 3. The van der Waals surface area contributed by atoms with E-state index in [-0.39, 0.29) is 27.7 Å². The molecule has 92 valence electrons. The van der Waals surface area contributed by atoms with Crippen molar-refractivity contribution in [2.45, 2.75) is 12.5 Å². The molecule has 1 aromatic carbocycles. The minimum absolute atomic E-state index is 0.143. The van der Waals surface area contributed by atoms with Crippen molar-refractivity contribution in [2.75, 3.05) is 5.73 Å². The summed E-state index contributed by atoms with van der Waals surface area (Å²) in [5.74, 6) is -1.70. The van der Waals surface area contributed by atoms with Gasteiger partial charge in [0.2, 0.25) is 0 Å². The number of nitrogens with two attached hydrogens (primary N) is 2. The van der Waals surface area contributed by atoms with E-state index in [1.165, 1.54) is 12.1 Å². The molecule has 0 amide bonds. The molecule has 0 heterocycles. The van der Waals surface area contributed by atoms with Gasteiger partial charge in [-0.2, -0.15) is 0 Å². The molecule has 5 nitrogen and oxygen atoms in total. The van der Waals surface area contributed by atoms with Crippen LogP contribution in [0.4, 0.5) is 5.69 Å². The summed E-state index contributed by atoms with van der Waals surface area (Å²) in [6.45, 7) is 0. The summed E-state index contributed by atoms with van der Waals surface area (Å²) in [5, 5.41) is 8.87. The smallest absolute Gasteiger partial charge is 0.320 e. The number of Topliss-reactive ketones (excluding diaryl/α,β-unsaturated/α-hetero) is 1. The van der Waals surface area contributed by atoms with Gasteiger partial charge in [0.15, 0.2) is 5.78 Å². The van der Waals surface area contributed by atoms with E-state index in [0.29, 0.717) is 0 Å². The fraction of sp³-hybridized carbons (Fsp3) is 0.200. The lowest BCUT2D eigenvalue weighted by Gasteiger charge is -2.08. The SMILES string of the molecule is Nc1c(Cl)cc(C(=O)CC(N)C(=O)O)cc1Cl. The maximum absolute atomic E-state index is 11.7. The molecule has 0 saturated carbocycles. The molecule has 0 fully saturated rings. The van der Waals surface area contributed by atoms with E-state index in [0.717, 1.165) is 0 Å². The van der Waals surface area contributed by atoms with Crippen molar-refractivity contribution in [3.05, 3.63) is 27.7 Å². The van der Waals surface area contributed by atoms with Crippen molar-refractivity contribution in [1.82, 2.24) is 0 Å². The first-order valence-electron chi connectivity index (χ1n) is 4.59. The number of nitrogen functional groups attached to an aromatic ring is 1. The number of ketones is 1. The van der Waals surface area contributed by atoms with Crippen LogP contribution in [0, 0.1) is 0 Å². The Morgan fingerprint density at radius 3 is 2.18 bits per heavy atom. The minimum Gasteiger partial charge on any atom is -0.480 e. The molecule has 0 aliphatic carbocycles. The highest BCUT2D eigenvalue weighted by Crippen LogP contribution is 2.29. The molecule has 0 aliphatic rings. The van der Waals surface area contributed by atoms with Gasteiger partial charge in [-0.3, -0.25) is 9.59 Å². The number of carboxylic acid groups (broad SMARTS) is 1. The van der Waals surface area contributed by atoms with Crippen LogP contribution in [0.5, 0.6) is 0 Å². The van der Waals surface area contributed by atoms with Gasteiger partial charge in [0.25, 0.3) is 0 Å². The van der Waals surface area contributed by atoms with Crippen LogP contribution in [0.2, 0.25) is 10.0 Å². The lowest BCUT2D eigenvalue weighted by atomic mass is 10.0. The van der Waals surface area contributed by atoms with Crippen molar-refractivity contribution in [1.29, 1.82) is 0 Å². The summed E-state index contributed by atoms with van der Waals surface area (Å²) < 4.78 is 0. The van der Waals surface area contributed by atoms with Gasteiger partial charge in [-0.25, -0.2) is 0 Å². The van der Waals surface area contributed by atoms with Gasteiger partial charge in [-0.1, -0.05) is 23.2 Å². The number of aliphatic carboxylic acids is 1. The van der Waals surface area contributed by atoms with Crippen LogP contribution < -0.4 is 11.5 Å². The molecule has 1 unspecified atom stereocenters. The summed E-state index contributed by atoms with van der Waals surface area (Å²) in [6.07, 6.45) is -0.327. The first-order chi connectivity index (χ1) is 7.82. The van der Waals surface area contributed by atoms with Gasteiger partial charge in [-0.05, 0) is 12.1 Å². The summed E-state index contributed by atoms with van der Waals surface area (Å²) in [5.41, 5.74) is 11.1. The third-order valence-corrected chi connectivity index (χ3v) is 2.75. The Morgan fingerprint density at radius 2 is 1.76 bits per heavy atom. The number of anilines is 1. The Labute approximate surface area is 107 Å². The molecular weight excluding hydrogens is 267 g/mol. The minimum atomic E-state index is -1.25. The van der Waals surface area contributed by atoms with Crippen molar-refractivity contribution >= 4 is 40.6 Å². The third-order valence-electron chi connectivity index (χ3n) is 2.12. The summed E-state index contributed by atoms with van der Waals surface area (Å²) in [4.78, 5) is 22.2. The Hall–Kier alpha value is -1.30. The van der Waals surface area contributed by atoms with E-state index < -0.39 is 17.8 Å². The molecule has 0 spiro atoms. The number of rotatable bonds is 4. The largest absolute Gasteiger partial charge is 0.480 e. The second kappa shape index (κ2) is 5.35. The van der Waals surface area contributed by atoms with Crippen LogP contribution in [0.15, 0.2) is 12.1 Å².